The van der Waals surface area contributed by atoms with Crippen molar-refractivity contribution in [3.63, 3.8) is 0 Å². The summed E-state index contributed by atoms with van der Waals surface area (Å²) in [5.74, 6) is -0.0117. The predicted molar refractivity (Wildman–Crippen MR) is 104 cm³/mol. The molecule has 0 bridgehead atoms. The molecule has 5 nitrogen and oxygen atoms in total. The molecule has 0 aliphatic carbocycles. The van der Waals surface area contributed by atoms with Crippen LogP contribution in [0.2, 0.25) is 5.15 Å². The molecule has 1 aromatic carbocycles. The van der Waals surface area contributed by atoms with E-state index in [0.29, 0.717) is 17.4 Å². The van der Waals surface area contributed by atoms with Gasteiger partial charge in [-0.25, -0.2) is 4.98 Å². The van der Waals surface area contributed by atoms with Gasteiger partial charge in [-0.3, -0.25) is 4.79 Å². The lowest BCUT2D eigenvalue weighted by molar-refractivity contribution is -1.01. The third-order valence-electron chi connectivity index (χ3n) is 4.62. The second-order valence-electron chi connectivity index (χ2n) is 6.58. The quantitative estimate of drug-likeness (QED) is 0.633. The van der Waals surface area contributed by atoms with E-state index >= 15 is 0 Å². The maximum absolute atomic E-state index is 12.2. The third-order valence-corrected chi connectivity index (χ3v) is 4.93. The normalized spacial score (nSPS) is 20.2. The van der Waals surface area contributed by atoms with Crippen LogP contribution in [0.25, 0.3) is 6.08 Å². The first-order valence-corrected chi connectivity index (χ1v) is 9.37. The van der Waals surface area contributed by atoms with Crippen LogP contribution in [0.15, 0.2) is 54.7 Å². The van der Waals surface area contributed by atoms with Crippen molar-refractivity contribution in [3.8, 4) is 0 Å². The van der Waals surface area contributed by atoms with Crippen LogP contribution in [0.3, 0.4) is 0 Å². The van der Waals surface area contributed by atoms with Crippen LogP contribution in [0.5, 0.6) is 0 Å². The van der Waals surface area contributed by atoms with Gasteiger partial charge in [-0.1, -0.05) is 48.0 Å². The molecule has 0 unspecified atom stereocenters. The van der Waals surface area contributed by atoms with Crippen molar-refractivity contribution in [2.24, 2.45) is 0 Å². The van der Waals surface area contributed by atoms with Crippen molar-refractivity contribution in [1.82, 2.24) is 4.98 Å². The van der Waals surface area contributed by atoms with Crippen LogP contribution < -0.4 is 15.1 Å². The Bertz CT molecular complexity index is 742. The fourth-order valence-electron chi connectivity index (χ4n) is 3.16. The number of halogens is 1. The summed E-state index contributed by atoms with van der Waals surface area (Å²) in [4.78, 5) is 19.1. The van der Waals surface area contributed by atoms with Crippen LogP contribution in [-0.2, 0) is 4.79 Å². The van der Waals surface area contributed by atoms with Crippen LogP contribution in [0.1, 0.15) is 5.56 Å². The number of benzene rings is 1. The summed E-state index contributed by atoms with van der Waals surface area (Å²) in [6.07, 6.45) is 6.03. The Labute approximate surface area is 159 Å². The number of quaternary nitrogens is 2. The van der Waals surface area contributed by atoms with Gasteiger partial charge < -0.3 is 15.1 Å². The summed E-state index contributed by atoms with van der Waals surface area (Å²) in [5, 5.41) is 3.18. The average Bonchev–Trinajstić information content (AvgIpc) is 2.66. The van der Waals surface area contributed by atoms with Gasteiger partial charge in [0.05, 0.1) is 12.2 Å². The zero-order chi connectivity index (χ0) is 18.2. The highest BCUT2D eigenvalue weighted by Crippen LogP contribution is 2.16. The Morgan fingerprint density at radius 3 is 2.54 bits per heavy atom. The number of nitrogens with one attached hydrogen (secondary N) is 3. The highest BCUT2D eigenvalue weighted by molar-refractivity contribution is 6.32. The molecule has 6 heteroatoms. The number of hydrogen-bond donors (Lipinski definition) is 3. The van der Waals surface area contributed by atoms with Crippen molar-refractivity contribution < 1.29 is 14.6 Å². The maximum Gasteiger partial charge on any atom is 0.279 e. The van der Waals surface area contributed by atoms with E-state index in [1.807, 2.05) is 6.07 Å². The largest absolute Gasteiger partial charge is 0.322 e. The van der Waals surface area contributed by atoms with Crippen molar-refractivity contribution in [1.29, 1.82) is 0 Å². The number of amides is 1. The molecule has 2 aromatic rings. The summed E-state index contributed by atoms with van der Waals surface area (Å²) in [5.41, 5.74) is 1.82. The van der Waals surface area contributed by atoms with E-state index in [2.05, 4.69) is 46.7 Å². The fraction of sp³-hybridized carbons (Fsp3) is 0.300. The Kier molecular flexibility index (Phi) is 6.77. The van der Waals surface area contributed by atoms with Gasteiger partial charge in [-0.2, -0.15) is 0 Å². The Balaban J connectivity index is 1.39. The number of carbonyl (C=O) groups excluding carboxylic acids is 1. The first-order chi connectivity index (χ1) is 12.7. The Hall–Kier alpha value is -2.21. The molecular weight excluding hydrogens is 348 g/mol. The zero-order valence-electron chi connectivity index (χ0n) is 14.7. The second-order valence-corrected chi connectivity index (χ2v) is 6.94. The highest BCUT2D eigenvalue weighted by Gasteiger charge is 2.24. The minimum absolute atomic E-state index is 0.0117. The molecular formula is C20H25ClN4O+2. The standard InChI is InChI=1S/C20H23ClN4O/c21-20-18(9-4-10-22-20)23-19(26)16-25-14-12-24(13-15-25)11-5-8-17-6-2-1-3-7-17/h1-10H,11-16H2,(H,23,26)/p+2/b8-5+. The third kappa shape index (κ3) is 5.66. The van der Waals surface area contributed by atoms with E-state index in [-0.39, 0.29) is 5.91 Å². The van der Waals surface area contributed by atoms with Gasteiger partial charge in [0, 0.05) is 6.20 Å². The molecule has 2 heterocycles. The SMILES string of the molecule is O=C(C[NH+]1CC[NH+](C/C=C/c2ccccc2)CC1)Nc1cccnc1Cl. The van der Waals surface area contributed by atoms with E-state index in [1.54, 1.807) is 23.2 Å². The summed E-state index contributed by atoms with van der Waals surface area (Å²) >= 11 is 5.98. The molecule has 1 aliphatic heterocycles. The molecule has 3 N–H and O–H groups in total. The van der Waals surface area contributed by atoms with Gasteiger partial charge in [0.1, 0.15) is 26.2 Å². The molecule has 1 aromatic heterocycles. The van der Waals surface area contributed by atoms with Gasteiger partial charge in [0.2, 0.25) is 0 Å². The minimum atomic E-state index is -0.0117. The second kappa shape index (κ2) is 9.48. The van der Waals surface area contributed by atoms with Crippen LogP contribution in [0, 0.1) is 0 Å². The lowest BCUT2D eigenvalue weighted by Gasteiger charge is -2.28. The predicted octanol–water partition coefficient (Wildman–Crippen LogP) is 0.170. The number of pyridine rings is 1. The van der Waals surface area contributed by atoms with Gasteiger partial charge in [-0.15, -0.1) is 0 Å². The molecule has 136 valence electrons. The van der Waals surface area contributed by atoms with Crippen molar-refractivity contribution >= 4 is 29.3 Å². The van der Waals surface area contributed by atoms with Crippen molar-refractivity contribution in [2.45, 2.75) is 0 Å². The number of carbonyl (C=O) groups is 1. The number of rotatable bonds is 6. The fourth-order valence-corrected chi connectivity index (χ4v) is 3.33. The topological polar surface area (TPSA) is 50.9 Å². The zero-order valence-corrected chi connectivity index (χ0v) is 15.5. The summed E-state index contributed by atoms with van der Waals surface area (Å²) in [7, 11) is 0. The maximum atomic E-state index is 12.2. The van der Waals surface area contributed by atoms with E-state index < -0.39 is 0 Å². The number of nitrogens with zero attached hydrogens (tertiary/aromatic N) is 1. The van der Waals surface area contributed by atoms with E-state index in [1.165, 1.54) is 10.5 Å². The first-order valence-electron chi connectivity index (χ1n) is 9.00. The van der Waals surface area contributed by atoms with Gasteiger partial charge >= 0.3 is 0 Å². The smallest absolute Gasteiger partial charge is 0.279 e. The van der Waals surface area contributed by atoms with Crippen LogP contribution >= 0.6 is 11.6 Å². The molecule has 1 fully saturated rings. The molecule has 0 radical (unpaired) electrons. The van der Waals surface area contributed by atoms with Gasteiger partial charge in [0.15, 0.2) is 11.7 Å². The van der Waals surface area contributed by atoms with E-state index in [4.69, 9.17) is 11.6 Å². The molecule has 1 aliphatic rings. The van der Waals surface area contributed by atoms with E-state index in [9.17, 15) is 4.79 Å². The molecule has 0 atom stereocenters. The summed E-state index contributed by atoms with van der Waals surface area (Å²) in [6.45, 7) is 5.66. The first kappa shape index (κ1) is 18.6. The summed E-state index contributed by atoms with van der Waals surface area (Å²) < 4.78 is 0. The molecule has 26 heavy (non-hydrogen) atoms. The molecule has 3 rings (SSSR count). The average molecular weight is 373 g/mol. The molecule has 0 saturated carbocycles. The number of piperazine rings is 1. The van der Waals surface area contributed by atoms with Crippen molar-refractivity contribution in [2.75, 3.05) is 44.6 Å². The highest BCUT2D eigenvalue weighted by atomic mass is 35.5. The molecule has 1 saturated heterocycles. The monoisotopic (exact) mass is 372 g/mol. The van der Waals surface area contributed by atoms with Crippen LogP contribution in [0.4, 0.5) is 5.69 Å². The van der Waals surface area contributed by atoms with Crippen molar-refractivity contribution in [3.05, 3.63) is 65.5 Å². The van der Waals surface area contributed by atoms with Gasteiger partial charge in [0.25, 0.3) is 5.91 Å². The number of anilines is 1. The lowest BCUT2D eigenvalue weighted by atomic mass is 10.2. The lowest BCUT2D eigenvalue weighted by Crippen LogP contribution is -3.28. The number of aromatic nitrogens is 1. The summed E-state index contributed by atoms with van der Waals surface area (Å²) in [6, 6.07) is 13.9. The molecule has 1 amide bonds. The Morgan fingerprint density at radius 2 is 1.81 bits per heavy atom. The number of hydrogen-bond acceptors (Lipinski definition) is 2. The minimum Gasteiger partial charge on any atom is -0.322 e. The van der Waals surface area contributed by atoms with Crippen LogP contribution in [-0.4, -0.2) is 50.2 Å². The van der Waals surface area contributed by atoms with E-state index in [0.717, 1.165) is 32.7 Å². The Morgan fingerprint density at radius 1 is 1.08 bits per heavy atom. The molecule has 0 spiro atoms. The van der Waals surface area contributed by atoms with Gasteiger partial charge in [-0.05, 0) is 23.8 Å².